The zero-order valence-corrected chi connectivity index (χ0v) is 6.98. The molecule has 58 valence electrons. The second-order valence-electron chi connectivity index (χ2n) is 4.24. The molecule has 1 aliphatic heterocycles. The lowest BCUT2D eigenvalue weighted by Crippen LogP contribution is -2.31. The third-order valence-corrected chi connectivity index (χ3v) is 3.59. The Morgan fingerprint density at radius 3 is 2.80 bits per heavy atom. The minimum absolute atomic E-state index is 0.783. The van der Waals surface area contributed by atoms with Crippen molar-refractivity contribution in [2.24, 2.45) is 17.3 Å². The van der Waals surface area contributed by atoms with Crippen molar-refractivity contribution in [3.05, 3.63) is 0 Å². The maximum absolute atomic E-state index is 3.46. The Kier molecular flexibility index (Phi) is 1.31. The molecule has 0 aromatic heterocycles. The third kappa shape index (κ3) is 0.731. The molecule has 0 radical (unpaired) electrons. The van der Waals surface area contributed by atoms with Crippen molar-refractivity contribution in [3.8, 4) is 0 Å². The van der Waals surface area contributed by atoms with Crippen LogP contribution in [-0.2, 0) is 0 Å². The van der Waals surface area contributed by atoms with Crippen molar-refractivity contribution in [2.75, 3.05) is 13.1 Å². The number of hydrogen-bond donors (Lipinski definition) is 1. The van der Waals surface area contributed by atoms with Gasteiger partial charge in [0.15, 0.2) is 0 Å². The monoisotopic (exact) mass is 139 g/mol. The highest BCUT2D eigenvalue weighted by atomic mass is 14.9. The summed E-state index contributed by atoms with van der Waals surface area (Å²) in [6.07, 6.45) is 2.92. The molecule has 1 unspecified atom stereocenters. The van der Waals surface area contributed by atoms with E-state index >= 15 is 0 Å². The average molecular weight is 139 g/mol. The van der Waals surface area contributed by atoms with Gasteiger partial charge in [-0.25, -0.2) is 0 Å². The van der Waals surface area contributed by atoms with Crippen LogP contribution in [-0.4, -0.2) is 13.1 Å². The first-order valence-electron chi connectivity index (χ1n) is 4.46. The highest BCUT2D eigenvalue weighted by Gasteiger charge is 2.56. The van der Waals surface area contributed by atoms with Crippen LogP contribution in [0.5, 0.6) is 0 Å². The highest BCUT2D eigenvalue weighted by molar-refractivity contribution is 5.07. The van der Waals surface area contributed by atoms with E-state index in [2.05, 4.69) is 19.2 Å². The summed E-state index contributed by atoms with van der Waals surface area (Å²) in [4.78, 5) is 0. The molecule has 1 N–H and O–H groups in total. The van der Waals surface area contributed by atoms with E-state index in [1.165, 1.54) is 25.9 Å². The van der Waals surface area contributed by atoms with E-state index < -0.39 is 0 Å². The Labute approximate surface area is 63.2 Å². The zero-order chi connectivity index (χ0) is 7.19. The van der Waals surface area contributed by atoms with Crippen LogP contribution >= 0.6 is 0 Å². The van der Waals surface area contributed by atoms with Gasteiger partial charge in [-0.3, -0.25) is 0 Å². The van der Waals surface area contributed by atoms with Gasteiger partial charge in [0.25, 0.3) is 0 Å². The number of rotatable bonds is 1. The molecule has 10 heavy (non-hydrogen) atoms. The van der Waals surface area contributed by atoms with E-state index in [1.807, 2.05) is 0 Å². The first kappa shape index (κ1) is 6.66. The normalized spacial score (nSPS) is 45.3. The molecule has 2 rings (SSSR count). The number of nitrogens with one attached hydrogen (secondary N) is 1. The lowest BCUT2D eigenvalue weighted by atomic mass is 9.85. The fourth-order valence-corrected chi connectivity index (χ4v) is 2.57. The van der Waals surface area contributed by atoms with Gasteiger partial charge in [-0.05, 0) is 43.2 Å². The van der Waals surface area contributed by atoms with Crippen LogP contribution in [0.15, 0.2) is 0 Å². The van der Waals surface area contributed by atoms with Gasteiger partial charge in [0.2, 0.25) is 0 Å². The summed E-state index contributed by atoms with van der Waals surface area (Å²) in [6.45, 7) is 7.31. The summed E-state index contributed by atoms with van der Waals surface area (Å²) in [5.41, 5.74) is 0.783. The van der Waals surface area contributed by atoms with Gasteiger partial charge < -0.3 is 5.32 Å². The number of fused-ring (bicyclic) bond motifs is 1. The predicted molar refractivity (Wildman–Crippen MR) is 42.9 cm³/mol. The fourth-order valence-electron chi connectivity index (χ4n) is 2.57. The van der Waals surface area contributed by atoms with Crippen LogP contribution in [0, 0.1) is 17.3 Å². The first-order chi connectivity index (χ1) is 4.76. The van der Waals surface area contributed by atoms with Crippen molar-refractivity contribution in [2.45, 2.75) is 26.7 Å². The molecule has 0 spiro atoms. The minimum atomic E-state index is 0.783. The van der Waals surface area contributed by atoms with Gasteiger partial charge in [0.05, 0.1) is 0 Å². The lowest BCUT2D eigenvalue weighted by molar-refractivity contribution is 0.264. The smallest absolute Gasteiger partial charge is 0.00149 e. The van der Waals surface area contributed by atoms with E-state index in [0.29, 0.717) is 0 Å². The number of piperidine rings is 1. The highest BCUT2D eigenvalue weighted by Crippen LogP contribution is 2.60. The SMILES string of the molecule is CC(C)[C@@]12CCNCC1C2. The minimum Gasteiger partial charge on any atom is -0.316 e. The molecule has 1 saturated carbocycles. The van der Waals surface area contributed by atoms with Crippen LogP contribution in [0.25, 0.3) is 0 Å². The first-order valence-corrected chi connectivity index (χ1v) is 4.46. The molecule has 1 saturated heterocycles. The average Bonchev–Trinajstić information content (AvgIpc) is 2.61. The topological polar surface area (TPSA) is 12.0 Å². The van der Waals surface area contributed by atoms with Crippen molar-refractivity contribution >= 4 is 0 Å². The van der Waals surface area contributed by atoms with Crippen molar-refractivity contribution in [3.63, 3.8) is 0 Å². The third-order valence-electron chi connectivity index (χ3n) is 3.59. The Bertz CT molecular complexity index is 142. The Morgan fingerprint density at radius 2 is 2.30 bits per heavy atom. The Hall–Kier alpha value is -0.0400. The standard InChI is InChI=1S/C9H17N/c1-7(2)9-3-4-10-6-8(9)5-9/h7-8,10H,3-6H2,1-2H3/t8?,9-/m0/s1. The van der Waals surface area contributed by atoms with Crippen LogP contribution < -0.4 is 5.32 Å². The molecule has 1 heterocycles. The lowest BCUT2D eigenvalue weighted by Gasteiger charge is -2.26. The maximum Gasteiger partial charge on any atom is -0.00149 e. The van der Waals surface area contributed by atoms with Crippen molar-refractivity contribution < 1.29 is 0 Å². The molecule has 0 amide bonds. The summed E-state index contributed by atoms with van der Waals surface area (Å²) in [5, 5.41) is 3.46. The van der Waals surface area contributed by atoms with Gasteiger partial charge in [-0.1, -0.05) is 13.8 Å². The van der Waals surface area contributed by atoms with Gasteiger partial charge in [-0.2, -0.15) is 0 Å². The van der Waals surface area contributed by atoms with Crippen molar-refractivity contribution in [1.82, 2.24) is 5.32 Å². The molecule has 0 aromatic rings. The van der Waals surface area contributed by atoms with E-state index in [4.69, 9.17) is 0 Å². The largest absolute Gasteiger partial charge is 0.316 e. The Morgan fingerprint density at radius 1 is 1.50 bits per heavy atom. The van der Waals surface area contributed by atoms with Crippen LogP contribution in [0.3, 0.4) is 0 Å². The second kappa shape index (κ2) is 1.97. The molecule has 2 fully saturated rings. The fraction of sp³-hybridized carbons (Fsp3) is 1.00. The second-order valence-corrected chi connectivity index (χ2v) is 4.24. The molecule has 2 aliphatic rings. The summed E-state index contributed by atoms with van der Waals surface area (Å²) in [5.74, 6) is 1.95. The Balaban J connectivity index is 2.05. The molecule has 1 aliphatic carbocycles. The van der Waals surface area contributed by atoms with Gasteiger partial charge in [0.1, 0.15) is 0 Å². The molecular weight excluding hydrogens is 122 g/mol. The number of hydrogen-bond acceptors (Lipinski definition) is 1. The summed E-state index contributed by atoms with van der Waals surface area (Å²) in [7, 11) is 0. The summed E-state index contributed by atoms with van der Waals surface area (Å²) in [6, 6.07) is 0. The molecule has 0 aromatic carbocycles. The van der Waals surface area contributed by atoms with E-state index in [0.717, 1.165) is 17.3 Å². The molecule has 0 bridgehead atoms. The van der Waals surface area contributed by atoms with Gasteiger partial charge >= 0.3 is 0 Å². The van der Waals surface area contributed by atoms with Crippen LogP contribution in [0.4, 0.5) is 0 Å². The molecule has 1 heteroatoms. The predicted octanol–water partition coefficient (Wildman–Crippen LogP) is 1.64. The summed E-state index contributed by atoms with van der Waals surface area (Å²) < 4.78 is 0. The molecular formula is C9H17N. The van der Waals surface area contributed by atoms with Gasteiger partial charge in [0, 0.05) is 0 Å². The van der Waals surface area contributed by atoms with E-state index in [-0.39, 0.29) is 0 Å². The quantitative estimate of drug-likeness (QED) is 0.582. The van der Waals surface area contributed by atoms with E-state index in [1.54, 1.807) is 0 Å². The molecule has 1 nitrogen and oxygen atoms in total. The van der Waals surface area contributed by atoms with Gasteiger partial charge in [-0.15, -0.1) is 0 Å². The maximum atomic E-state index is 3.46. The van der Waals surface area contributed by atoms with E-state index in [9.17, 15) is 0 Å². The van der Waals surface area contributed by atoms with Crippen molar-refractivity contribution in [1.29, 1.82) is 0 Å². The molecule has 2 atom stereocenters. The van der Waals surface area contributed by atoms with Crippen LogP contribution in [0.2, 0.25) is 0 Å². The summed E-state index contributed by atoms with van der Waals surface area (Å²) >= 11 is 0. The van der Waals surface area contributed by atoms with Crippen LogP contribution in [0.1, 0.15) is 26.7 Å². The zero-order valence-electron chi connectivity index (χ0n) is 6.98.